The van der Waals surface area contributed by atoms with Crippen LogP contribution in [-0.2, 0) is 9.53 Å². The first-order chi connectivity index (χ1) is 6.40. The van der Waals surface area contributed by atoms with Crippen molar-refractivity contribution >= 4 is 5.97 Å². The first-order valence-corrected chi connectivity index (χ1v) is 4.81. The quantitative estimate of drug-likeness (QED) is 0.672. The van der Waals surface area contributed by atoms with Crippen molar-refractivity contribution in [2.24, 2.45) is 5.41 Å². The highest BCUT2D eigenvalue weighted by Crippen LogP contribution is 2.20. The zero-order valence-corrected chi connectivity index (χ0v) is 9.54. The molecule has 0 aliphatic heterocycles. The molecule has 0 atom stereocenters. The van der Waals surface area contributed by atoms with Crippen molar-refractivity contribution < 1.29 is 14.6 Å². The lowest BCUT2D eigenvalue weighted by molar-refractivity contribution is -0.147. The van der Waals surface area contributed by atoms with Crippen LogP contribution in [0.15, 0.2) is 0 Å². The average Bonchev–Trinajstić information content (AvgIpc) is 2.11. The SMILES string of the molecule is COCCN(C)CCC(C)(C)C(=O)O. The Labute approximate surface area is 85.9 Å². The number of hydrogen-bond donors (Lipinski definition) is 1. The summed E-state index contributed by atoms with van der Waals surface area (Å²) in [5.74, 6) is -0.738. The first-order valence-electron chi connectivity index (χ1n) is 4.81. The van der Waals surface area contributed by atoms with Crippen LogP contribution in [0.5, 0.6) is 0 Å². The van der Waals surface area contributed by atoms with E-state index in [-0.39, 0.29) is 0 Å². The number of rotatable bonds is 7. The van der Waals surface area contributed by atoms with E-state index >= 15 is 0 Å². The number of carboxylic acid groups (broad SMARTS) is 1. The fourth-order valence-electron chi connectivity index (χ4n) is 0.936. The van der Waals surface area contributed by atoms with Gasteiger partial charge in [-0.05, 0) is 33.9 Å². The second kappa shape index (κ2) is 5.98. The maximum absolute atomic E-state index is 10.8. The van der Waals surface area contributed by atoms with Crippen LogP contribution in [0.25, 0.3) is 0 Å². The van der Waals surface area contributed by atoms with Crippen LogP contribution in [0.3, 0.4) is 0 Å². The minimum absolute atomic E-state index is 0.638. The minimum Gasteiger partial charge on any atom is -0.481 e. The van der Waals surface area contributed by atoms with Gasteiger partial charge in [0.05, 0.1) is 12.0 Å². The van der Waals surface area contributed by atoms with Gasteiger partial charge in [-0.15, -0.1) is 0 Å². The lowest BCUT2D eigenvalue weighted by Gasteiger charge is -2.23. The highest BCUT2D eigenvalue weighted by atomic mass is 16.5. The van der Waals surface area contributed by atoms with Crippen LogP contribution in [0, 0.1) is 5.41 Å². The van der Waals surface area contributed by atoms with Gasteiger partial charge in [0.1, 0.15) is 0 Å². The first kappa shape index (κ1) is 13.4. The predicted molar refractivity (Wildman–Crippen MR) is 55.4 cm³/mol. The summed E-state index contributed by atoms with van der Waals surface area (Å²) in [6, 6.07) is 0. The van der Waals surface area contributed by atoms with E-state index in [4.69, 9.17) is 9.84 Å². The Kier molecular flexibility index (Phi) is 5.72. The molecule has 0 rings (SSSR count). The Balaban J connectivity index is 3.75. The average molecular weight is 203 g/mol. The summed E-state index contributed by atoms with van der Waals surface area (Å²) in [5.41, 5.74) is -0.638. The minimum atomic E-state index is -0.738. The number of ether oxygens (including phenoxy) is 1. The molecule has 0 amide bonds. The standard InChI is InChI=1S/C10H21NO3/c1-10(2,9(12)13)5-6-11(3)7-8-14-4/h5-8H2,1-4H3,(H,12,13). The van der Waals surface area contributed by atoms with Crippen molar-refractivity contribution in [1.29, 1.82) is 0 Å². The second-order valence-electron chi connectivity index (χ2n) is 4.24. The topological polar surface area (TPSA) is 49.8 Å². The maximum atomic E-state index is 10.8. The van der Waals surface area contributed by atoms with Gasteiger partial charge >= 0.3 is 5.97 Å². The molecule has 1 N–H and O–H groups in total. The number of nitrogens with zero attached hydrogens (tertiary/aromatic N) is 1. The third kappa shape index (κ3) is 5.19. The van der Waals surface area contributed by atoms with Crippen molar-refractivity contribution in [2.75, 3.05) is 33.9 Å². The molecule has 0 saturated heterocycles. The van der Waals surface area contributed by atoms with Gasteiger partial charge in [-0.2, -0.15) is 0 Å². The van der Waals surface area contributed by atoms with Crippen LogP contribution < -0.4 is 0 Å². The zero-order valence-electron chi connectivity index (χ0n) is 9.54. The Morgan fingerprint density at radius 1 is 1.43 bits per heavy atom. The molecule has 0 aromatic rings. The van der Waals surface area contributed by atoms with E-state index in [1.54, 1.807) is 21.0 Å². The molecule has 0 spiro atoms. The van der Waals surface area contributed by atoms with Gasteiger partial charge in [-0.3, -0.25) is 4.79 Å². The van der Waals surface area contributed by atoms with Gasteiger partial charge in [0, 0.05) is 13.7 Å². The summed E-state index contributed by atoms with van der Waals surface area (Å²) in [6.07, 6.45) is 0.655. The van der Waals surface area contributed by atoms with Crippen LogP contribution in [0.4, 0.5) is 0 Å². The summed E-state index contributed by atoms with van der Waals surface area (Å²) in [4.78, 5) is 12.9. The van der Waals surface area contributed by atoms with Gasteiger partial charge in [-0.1, -0.05) is 0 Å². The van der Waals surface area contributed by atoms with Crippen molar-refractivity contribution in [1.82, 2.24) is 4.90 Å². The van der Waals surface area contributed by atoms with E-state index in [9.17, 15) is 4.79 Å². The van der Waals surface area contributed by atoms with Crippen molar-refractivity contribution in [3.63, 3.8) is 0 Å². The van der Waals surface area contributed by atoms with E-state index in [1.165, 1.54) is 0 Å². The zero-order chi connectivity index (χ0) is 11.2. The maximum Gasteiger partial charge on any atom is 0.309 e. The largest absolute Gasteiger partial charge is 0.481 e. The molecule has 0 aromatic heterocycles. The molecule has 4 heteroatoms. The molecular formula is C10H21NO3. The second-order valence-corrected chi connectivity index (χ2v) is 4.24. The smallest absolute Gasteiger partial charge is 0.309 e. The third-order valence-electron chi connectivity index (χ3n) is 2.37. The molecule has 0 saturated carbocycles. The summed E-state index contributed by atoms with van der Waals surface area (Å²) in [6.45, 7) is 5.80. The number of carboxylic acids is 1. The molecule has 0 unspecified atom stereocenters. The molecule has 0 heterocycles. The Morgan fingerprint density at radius 2 is 2.00 bits per heavy atom. The van der Waals surface area contributed by atoms with Crippen LogP contribution in [0.1, 0.15) is 20.3 Å². The molecule has 0 bridgehead atoms. The molecular weight excluding hydrogens is 182 g/mol. The van der Waals surface area contributed by atoms with Crippen LogP contribution in [-0.4, -0.2) is 49.8 Å². The fourth-order valence-corrected chi connectivity index (χ4v) is 0.936. The van der Waals surface area contributed by atoms with Crippen molar-refractivity contribution in [2.45, 2.75) is 20.3 Å². The summed E-state index contributed by atoms with van der Waals surface area (Å²) < 4.78 is 4.93. The number of carbonyl (C=O) groups is 1. The normalized spacial score (nSPS) is 12.1. The summed E-state index contributed by atoms with van der Waals surface area (Å²) in [5, 5.41) is 8.89. The van der Waals surface area contributed by atoms with E-state index < -0.39 is 11.4 Å². The van der Waals surface area contributed by atoms with Crippen molar-refractivity contribution in [3.8, 4) is 0 Å². The monoisotopic (exact) mass is 203 g/mol. The lowest BCUT2D eigenvalue weighted by Crippen LogP contribution is -2.31. The van der Waals surface area contributed by atoms with Gasteiger partial charge in [0.2, 0.25) is 0 Å². The third-order valence-corrected chi connectivity index (χ3v) is 2.37. The molecule has 0 aliphatic carbocycles. The molecule has 4 nitrogen and oxygen atoms in total. The lowest BCUT2D eigenvalue weighted by atomic mass is 9.89. The van der Waals surface area contributed by atoms with E-state index in [0.717, 1.165) is 13.1 Å². The Hall–Kier alpha value is -0.610. The van der Waals surface area contributed by atoms with Crippen LogP contribution in [0.2, 0.25) is 0 Å². The molecule has 14 heavy (non-hydrogen) atoms. The molecule has 84 valence electrons. The Bertz CT molecular complexity index is 180. The van der Waals surface area contributed by atoms with E-state index in [1.807, 2.05) is 7.05 Å². The number of hydrogen-bond acceptors (Lipinski definition) is 3. The Morgan fingerprint density at radius 3 is 2.43 bits per heavy atom. The van der Waals surface area contributed by atoms with Crippen LogP contribution >= 0.6 is 0 Å². The van der Waals surface area contributed by atoms with Gasteiger partial charge < -0.3 is 14.7 Å². The highest BCUT2D eigenvalue weighted by Gasteiger charge is 2.26. The molecule has 0 aromatic carbocycles. The van der Waals surface area contributed by atoms with E-state index in [0.29, 0.717) is 13.0 Å². The summed E-state index contributed by atoms with van der Waals surface area (Å²) >= 11 is 0. The van der Waals surface area contributed by atoms with Crippen molar-refractivity contribution in [3.05, 3.63) is 0 Å². The van der Waals surface area contributed by atoms with Gasteiger partial charge in [0.15, 0.2) is 0 Å². The summed E-state index contributed by atoms with van der Waals surface area (Å²) in [7, 11) is 3.63. The number of methoxy groups -OCH3 is 1. The van der Waals surface area contributed by atoms with Gasteiger partial charge in [-0.25, -0.2) is 0 Å². The molecule has 0 aliphatic rings. The number of aliphatic carboxylic acids is 1. The molecule has 0 radical (unpaired) electrons. The number of likely N-dealkylation sites (N-methyl/N-ethyl adjacent to an activating group) is 1. The molecule has 0 fully saturated rings. The van der Waals surface area contributed by atoms with E-state index in [2.05, 4.69) is 4.90 Å². The predicted octanol–water partition coefficient (Wildman–Crippen LogP) is 1.07. The fraction of sp³-hybridized carbons (Fsp3) is 0.900. The van der Waals surface area contributed by atoms with Gasteiger partial charge in [0.25, 0.3) is 0 Å². The highest BCUT2D eigenvalue weighted by molar-refractivity contribution is 5.73.